The van der Waals surface area contributed by atoms with Crippen LogP contribution in [0.4, 0.5) is 0 Å². The lowest BCUT2D eigenvalue weighted by Crippen LogP contribution is -2.43. The topological polar surface area (TPSA) is 153 Å². The number of thioether (sulfide) groups is 1. The summed E-state index contributed by atoms with van der Waals surface area (Å²) in [5.74, 6) is -1.58. The Labute approximate surface area is 137 Å². The molecule has 1 aromatic heterocycles. The van der Waals surface area contributed by atoms with Gasteiger partial charge >= 0.3 is 5.97 Å². The molecule has 1 aromatic rings. The standard InChI is InChI=1S/C13H21N5O4S/c1-18-7-16-5-8(18)4-10(17-11(19)2-3-14)13(22)23-6-9(15)12(20)21/h5,7,9-10H,2-4,6,14-15H2,1H3,(H,17,19)(H,20,21). The van der Waals surface area contributed by atoms with Crippen molar-refractivity contribution >= 4 is 28.8 Å². The lowest BCUT2D eigenvalue weighted by atomic mass is 10.1. The maximum atomic E-state index is 12.3. The third kappa shape index (κ3) is 6.38. The number of aliphatic carboxylic acids is 1. The van der Waals surface area contributed by atoms with Crippen LogP contribution in [0.3, 0.4) is 0 Å². The molecule has 0 aliphatic heterocycles. The quantitative estimate of drug-likeness (QED) is 0.421. The molecule has 0 spiro atoms. The number of carboxylic acids is 1. The van der Waals surface area contributed by atoms with Crippen molar-refractivity contribution in [3.8, 4) is 0 Å². The highest BCUT2D eigenvalue weighted by Gasteiger charge is 2.24. The minimum Gasteiger partial charge on any atom is -0.480 e. The van der Waals surface area contributed by atoms with E-state index < -0.39 is 18.1 Å². The third-order valence-corrected chi connectivity index (χ3v) is 4.14. The van der Waals surface area contributed by atoms with Gasteiger partial charge in [-0.3, -0.25) is 14.4 Å². The lowest BCUT2D eigenvalue weighted by molar-refractivity contribution is -0.137. The van der Waals surface area contributed by atoms with Gasteiger partial charge in [-0.15, -0.1) is 0 Å². The van der Waals surface area contributed by atoms with Crippen molar-refractivity contribution in [3.05, 3.63) is 18.2 Å². The number of rotatable bonds is 9. The Kier molecular flexibility index (Phi) is 7.72. The summed E-state index contributed by atoms with van der Waals surface area (Å²) in [6.45, 7) is 0.176. The van der Waals surface area contributed by atoms with Gasteiger partial charge in [0.05, 0.1) is 6.33 Å². The third-order valence-electron chi connectivity index (χ3n) is 3.04. The zero-order chi connectivity index (χ0) is 17.4. The minimum atomic E-state index is -1.18. The van der Waals surface area contributed by atoms with Crippen LogP contribution >= 0.6 is 11.8 Å². The number of aromatic nitrogens is 2. The maximum Gasteiger partial charge on any atom is 0.321 e. The van der Waals surface area contributed by atoms with Crippen molar-refractivity contribution in [3.63, 3.8) is 0 Å². The zero-order valence-corrected chi connectivity index (χ0v) is 13.6. The van der Waals surface area contributed by atoms with Crippen molar-refractivity contribution in [2.45, 2.75) is 24.9 Å². The molecule has 1 amide bonds. The predicted octanol–water partition coefficient (Wildman–Crippen LogP) is -1.53. The molecular weight excluding hydrogens is 322 g/mol. The lowest BCUT2D eigenvalue weighted by Gasteiger charge is -2.18. The molecule has 2 atom stereocenters. The number of nitrogens with zero attached hydrogens (tertiary/aromatic N) is 2. The Morgan fingerprint density at radius 3 is 2.70 bits per heavy atom. The smallest absolute Gasteiger partial charge is 0.321 e. The summed E-state index contributed by atoms with van der Waals surface area (Å²) in [4.78, 5) is 38.7. The molecule has 1 heterocycles. The molecule has 23 heavy (non-hydrogen) atoms. The summed E-state index contributed by atoms with van der Waals surface area (Å²) < 4.78 is 1.74. The van der Waals surface area contributed by atoms with E-state index >= 15 is 0 Å². The molecule has 0 fully saturated rings. The van der Waals surface area contributed by atoms with Gasteiger partial charge in [0.25, 0.3) is 0 Å². The first-order chi connectivity index (χ1) is 10.8. The Hall–Kier alpha value is -1.91. The number of aryl methyl sites for hydroxylation is 1. The fraction of sp³-hybridized carbons (Fsp3) is 0.538. The highest BCUT2D eigenvalue weighted by Crippen LogP contribution is 2.12. The number of carbonyl (C=O) groups is 3. The molecule has 128 valence electrons. The molecule has 1 rings (SSSR count). The summed E-state index contributed by atoms with van der Waals surface area (Å²) in [5.41, 5.74) is 11.5. The molecule has 9 nitrogen and oxygen atoms in total. The fourth-order valence-electron chi connectivity index (χ4n) is 1.73. The van der Waals surface area contributed by atoms with Crippen molar-refractivity contribution in [2.24, 2.45) is 18.5 Å². The van der Waals surface area contributed by atoms with Crippen LogP contribution in [0.1, 0.15) is 12.1 Å². The van der Waals surface area contributed by atoms with E-state index in [2.05, 4.69) is 10.3 Å². The summed E-state index contributed by atoms with van der Waals surface area (Å²) in [7, 11) is 1.78. The molecule has 0 bridgehead atoms. The highest BCUT2D eigenvalue weighted by molar-refractivity contribution is 8.13. The fourth-order valence-corrected chi connectivity index (χ4v) is 2.55. The monoisotopic (exact) mass is 343 g/mol. The first kappa shape index (κ1) is 19.1. The summed E-state index contributed by atoms with van der Waals surface area (Å²) in [6, 6.07) is -1.93. The average Bonchev–Trinajstić information content (AvgIpc) is 2.89. The van der Waals surface area contributed by atoms with Crippen molar-refractivity contribution in [1.29, 1.82) is 0 Å². The molecule has 10 heteroatoms. The molecule has 0 aromatic carbocycles. The Morgan fingerprint density at radius 2 is 2.17 bits per heavy atom. The highest BCUT2D eigenvalue weighted by atomic mass is 32.2. The van der Waals surface area contributed by atoms with Crippen molar-refractivity contribution in [2.75, 3.05) is 12.3 Å². The molecule has 0 saturated heterocycles. The second-order valence-electron chi connectivity index (χ2n) is 4.93. The zero-order valence-electron chi connectivity index (χ0n) is 12.8. The first-order valence-corrected chi connectivity index (χ1v) is 7.93. The van der Waals surface area contributed by atoms with Crippen LogP contribution < -0.4 is 16.8 Å². The number of imidazole rings is 1. The molecule has 2 unspecified atom stereocenters. The molecule has 0 aliphatic carbocycles. The van der Waals surface area contributed by atoms with E-state index in [9.17, 15) is 14.4 Å². The van der Waals surface area contributed by atoms with Crippen LogP contribution in [-0.4, -0.2) is 56.0 Å². The van der Waals surface area contributed by atoms with Gasteiger partial charge < -0.3 is 26.5 Å². The van der Waals surface area contributed by atoms with E-state index in [0.29, 0.717) is 0 Å². The Bertz CT molecular complexity index is 562. The van der Waals surface area contributed by atoms with Gasteiger partial charge in [-0.05, 0) is 0 Å². The predicted molar refractivity (Wildman–Crippen MR) is 85.6 cm³/mol. The molecule has 0 saturated carbocycles. The van der Waals surface area contributed by atoms with Crippen LogP contribution in [-0.2, 0) is 27.9 Å². The van der Waals surface area contributed by atoms with Crippen LogP contribution in [0.2, 0.25) is 0 Å². The summed E-state index contributed by atoms with van der Waals surface area (Å²) in [6.07, 6.45) is 3.55. The number of carboxylic acid groups (broad SMARTS) is 1. The van der Waals surface area contributed by atoms with E-state index in [1.165, 1.54) is 0 Å². The minimum absolute atomic E-state index is 0.0667. The van der Waals surface area contributed by atoms with Gasteiger partial charge in [0, 0.05) is 44.1 Å². The summed E-state index contributed by atoms with van der Waals surface area (Å²) in [5, 5.41) is 11.0. The molecule has 0 radical (unpaired) electrons. The summed E-state index contributed by atoms with van der Waals surface area (Å²) >= 11 is 0.788. The number of hydrogen-bond donors (Lipinski definition) is 4. The molecule has 6 N–H and O–H groups in total. The van der Waals surface area contributed by atoms with E-state index in [1.54, 1.807) is 24.1 Å². The van der Waals surface area contributed by atoms with Crippen molar-refractivity contribution in [1.82, 2.24) is 14.9 Å². The van der Waals surface area contributed by atoms with Gasteiger partial charge in [-0.2, -0.15) is 0 Å². The second kappa shape index (κ2) is 9.28. The normalized spacial score (nSPS) is 13.3. The molecular formula is C13H21N5O4S. The van der Waals surface area contributed by atoms with Crippen molar-refractivity contribution < 1.29 is 19.5 Å². The number of nitrogens with one attached hydrogen (secondary N) is 1. The number of carbonyl (C=O) groups excluding carboxylic acids is 2. The van der Waals surface area contributed by atoms with E-state index in [1.807, 2.05) is 0 Å². The van der Waals surface area contributed by atoms with Crippen LogP contribution in [0.15, 0.2) is 12.5 Å². The number of hydrogen-bond acceptors (Lipinski definition) is 7. The van der Waals surface area contributed by atoms with Crippen LogP contribution in [0.5, 0.6) is 0 Å². The van der Waals surface area contributed by atoms with Gasteiger partial charge in [0.1, 0.15) is 12.1 Å². The van der Waals surface area contributed by atoms with Gasteiger partial charge in [0.2, 0.25) is 11.0 Å². The largest absolute Gasteiger partial charge is 0.480 e. The van der Waals surface area contributed by atoms with Crippen LogP contribution in [0, 0.1) is 0 Å². The van der Waals surface area contributed by atoms with Crippen LogP contribution in [0.25, 0.3) is 0 Å². The molecule has 0 aliphatic rings. The maximum absolute atomic E-state index is 12.3. The van der Waals surface area contributed by atoms with E-state index in [0.717, 1.165) is 17.5 Å². The second-order valence-corrected chi connectivity index (χ2v) is 5.96. The Morgan fingerprint density at radius 1 is 1.48 bits per heavy atom. The van der Waals surface area contributed by atoms with Gasteiger partial charge in [-0.25, -0.2) is 4.98 Å². The average molecular weight is 343 g/mol. The van der Waals surface area contributed by atoms with E-state index in [4.69, 9.17) is 16.6 Å². The Balaban J connectivity index is 2.73. The number of amides is 1. The SMILES string of the molecule is Cn1cncc1CC(NC(=O)CCN)C(=O)SCC(N)C(=O)O. The van der Waals surface area contributed by atoms with E-state index in [-0.39, 0.29) is 36.2 Å². The number of nitrogens with two attached hydrogens (primary N) is 2. The van der Waals surface area contributed by atoms with Gasteiger partial charge in [0.15, 0.2) is 0 Å². The first-order valence-electron chi connectivity index (χ1n) is 6.94. The van der Waals surface area contributed by atoms with Gasteiger partial charge in [-0.1, -0.05) is 11.8 Å².